The van der Waals surface area contributed by atoms with Crippen LogP contribution >= 0.6 is 0 Å². The van der Waals surface area contributed by atoms with E-state index in [9.17, 15) is 22.8 Å². The Bertz CT molecular complexity index is 953. The third-order valence-electron chi connectivity index (χ3n) is 3.91. The van der Waals surface area contributed by atoms with Gasteiger partial charge in [-0.1, -0.05) is 30.3 Å². The minimum Gasteiger partial charge on any atom is -0.444 e. The summed E-state index contributed by atoms with van der Waals surface area (Å²) in [6, 6.07) is 14.1. The van der Waals surface area contributed by atoms with Crippen molar-refractivity contribution < 1.29 is 27.5 Å². The van der Waals surface area contributed by atoms with Gasteiger partial charge in [0.25, 0.3) is 11.8 Å². The van der Waals surface area contributed by atoms with Gasteiger partial charge < -0.3 is 4.74 Å². The van der Waals surface area contributed by atoms with Gasteiger partial charge in [0.05, 0.1) is 22.4 Å². The summed E-state index contributed by atoms with van der Waals surface area (Å²) in [5, 5.41) is 0. The van der Waals surface area contributed by atoms with Crippen LogP contribution < -0.4 is 4.72 Å². The third kappa shape index (κ3) is 4.04. The zero-order chi connectivity index (χ0) is 19.4. The molecular weight excluding hydrogens is 372 g/mol. The van der Waals surface area contributed by atoms with Crippen LogP contribution in [0.3, 0.4) is 0 Å². The van der Waals surface area contributed by atoms with Gasteiger partial charge in [0, 0.05) is 6.54 Å². The van der Waals surface area contributed by atoms with E-state index in [-0.39, 0.29) is 29.0 Å². The molecule has 27 heavy (non-hydrogen) atoms. The fraction of sp³-hybridized carbons (Fsp3) is 0.167. The molecule has 1 N–H and O–H groups in total. The molecule has 8 nitrogen and oxygen atoms in total. The van der Waals surface area contributed by atoms with Crippen molar-refractivity contribution >= 4 is 27.8 Å². The van der Waals surface area contributed by atoms with E-state index in [1.807, 2.05) is 0 Å². The molecule has 1 aliphatic heterocycles. The molecule has 0 radical (unpaired) electrons. The maximum absolute atomic E-state index is 12.1. The maximum atomic E-state index is 12.1. The first-order valence-corrected chi connectivity index (χ1v) is 9.54. The smallest absolute Gasteiger partial charge is 0.308 e. The number of hydrogen-bond acceptors (Lipinski definition) is 6. The topological polar surface area (TPSA) is 110 Å². The predicted octanol–water partition coefficient (Wildman–Crippen LogP) is 1.15. The molecule has 1 aliphatic rings. The molecular formula is C18H16N2O6S. The Balaban J connectivity index is 1.48. The number of nitrogens with zero attached hydrogens (tertiary/aromatic N) is 1. The number of nitrogens with one attached hydrogen (secondary N) is 1. The van der Waals surface area contributed by atoms with Gasteiger partial charge in [0.2, 0.25) is 10.0 Å². The number of ether oxygens (including phenoxy) is 1. The summed E-state index contributed by atoms with van der Waals surface area (Å²) in [6.07, 6.45) is -0.241. The summed E-state index contributed by atoms with van der Waals surface area (Å²) in [5.74, 6) is -1.80. The van der Waals surface area contributed by atoms with Crippen molar-refractivity contribution in [3.05, 3.63) is 65.7 Å². The second kappa shape index (κ2) is 7.68. The van der Waals surface area contributed by atoms with E-state index in [0.717, 1.165) is 4.90 Å². The van der Waals surface area contributed by atoms with Crippen molar-refractivity contribution in [1.82, 2.24) is 9.62 Å². The summed E-state index contributed by atoms with van der Waals surface area (Å²) >= 11 is 0. The van der Waals surface area contributed by atoms with Crippen LogP contribution in [0, 0.1) is 0 Å². The Morgan fingerprint density at radius 3 is 2.07 bits per heavy atom. The van der Waals surface area contributed by atoms with E-state index < -0.39 is 34.5 Å². The Hall–Kier alpha value is -3.04. The zero-order valence-corrected chi connectivity index (χ0v) is 14.9. The minimum absolute atomic E-state index is 0.0874. The average Bonchev–Trinajstić information content (AvgIpc) is 2.91. The van der Waals surface area contributed by atoms with Crippen molar-refractivity contribution in [3.63, 3.8) is 0 Å². The van der Waals surface area contributed by atoms with Crippen LogP contribution in [0.25, 0.3) is 0 Å². The molecule has 0 unspecified atom stereocenters. The largest absolute Gasteiger partial charge is 0.444 e. The monoisotopic (exact) mass is 388 g/mol. The number of benzene rings is 2. The molecule has 1 heterocycles. The molecule has 0 fully saturated rings. The van der Waals surface area contributed by atoms with Crippen LogP contribution in [0.2, 0.25) is 0 Å². The van der Waals surface area contributed by atoms with Gasteiger partial charge in [-0.05, 0) is 24.3 Å². The summed E-state index contributed by atoms with van der Waals surface area (Å²) < 4.78 is 31.3. The number of imide groups is 1. The van der Waals surface area contributed by atoms with Crippen molar-refractivity contribution in [3.8, 4) is 0 Å². The quantitative estimate of drug-likeness (QED) is 0.563. The Labute approximate surface area is 155 Å². The van der Waals surface area contributed by atoms with Crippen LogP contribution in [0.1, 0.15) is 27.1 Å². The van der Waals surface area contributed by atoms with Gasteiger partial charge in [0.1, 0.15) is 0 Å². The molecule has 9 heteroatoms. The van der Waals surface area contributed by atoms with Gasteiger partial charge in [-0.3, -0.25) is 14.4 Å². The van der Waals surface area contributed by atoms with Crippen LogP contribution in [0.15, 0.2) is 59.5 Å². The highest BCUT2D eigenvalue weighted by molar-refractivity contribution is 7.89. The summed E-state index contributed by atoms with van der Waals surface area (Å²) in [4.78, 5) is 37.0. The number of amides is 2. The molecule has 2 aromatic rings. The van der Waals surface area contributed by atoms with E-state index in [4.69, 9.17) is 4.74 Å². The first-order valence-electron chi connectivity index (χ1n) is 8.06. The van der Waals surface area contributed by atoms with Crippen LogP contribution in [-0.4, -0.2) is 44.4 Å². The normalized spacial score (nSPS) is 13.6. The highest BCUT2D eigenvalue weighted by atomic mass is 32.2. The minimum atomic E-state index is -3.72. The van der Waals surface area contributed by atoms with Crippen molar-refractivity contribution in [2.24, 2.45) is 0 Å². The molecule has 0 saturated carbocycles. The van der Waals surface area contributed by atoms with E-state index in [2.05, 4.69) is 4.72 Å². The van der Waals surface area contributed by atoms with Crippen LogP contribution in [0.5, 0.6) is 0 Å². The molecule has 2 amide bonds. The Morgan fingerprint density at radius 1 is 0.926 bits per heavy atom. The highest BCUT2D eigenvalue weighted by Crippen LogP contribution is 2.22. The number of hydrogen-bond donors (Lipinski definition) is 1. The first kappa shape index (κ1) is 18.7. The summed E-state index contributed by atoms with van der Waals surface area (Å²) in [5.41, 5.74) is 0.517. The fourth-order valence-corrected chi connectivity index (χ4v) is 3.59. The molecule has 0 bridgehead atoms. The lowest BCUT2D eigenvalue weighted by Gasteiger charge is -2.14. The average molecular weight is 388 g/mol. The van der Waals surface area contributed by atoms with Gasteiger partial charge >= 0.3 is 5.97 Å². The molecule has 0 aromatic heterocycles. The van der Waals surface area contributed by atoms with E-state index in [1.165, 1.54) is 24.3 Å². The van der Waals surface area contributed by atoms with E-state index in [0.29, 0.717) is 0 Å². The number of fused-ring (bicyclic) bond motifs is 1. The van der Waals surface area contributed by atoms with Crippen LogP contribution in [0.4, 0.5) is 0 Å². The first-order chi connectivity index (χ1) is 12.9. The maximum Gasteiger partial charge on any atom is 0.308 e. The van der Waals surface area contributed by atoms with Gasteiger partial charge in [-0.2, -0.15) is 0 Å². The molecule has 0 aliphatic carbocycles. The lowest BCUT2D eigenvalue weighted by atomic mass is 10.1. The van der Waals surface area contributed by atoms with E-state index >= 15 is 0 Å². The fourth-order valence-electron chi connectivity index (χ4n) is 2.54. The van der Waals surface area contributed by atoms with Gasteiger partial charge in [0.15, 0.2) is 6.73 Å². The van der Waals surface area contributed by atoms with Gasteiger partial charge in [-0.25, -0.2) is 18.0 Å². The summed E-state index contributed by atoms with van der Waals surface area (Å²) in [6.45, 7) is -0.686. The number of carbonyl (C=O) groups excluding carboxylic acids is 3. The third-order valence-corrected chi connectivity index (χ3v) is 5.38. The van der Waals surface area contributed by atoms with E-state index in [1.54, 1.807) is 30.3 Å². The standard InChI is InChI=1S/C18H16N2O6S/c21-16(10-11-19-27(24,25)13-6-2-1-3-7-13)26-12-20-17(22)14-8-4-5-9-15(14)18(20)23/h1-9,19H,10-12H2. The number of rotatable bonds is 7. The molecule has 2 aromatic carbocycles. The van der Waals surface area contributed by atoms with Crippen LogP contribution in [-0.2, 0) is 19.6 Å². The second-order valence-electron chi connectivity index (χ2n) is 5.69. The highest BCUT2D eigenvalue weighted by Gasteiger charge is 2.35. The molecule has 0 saturated heterocycles. The molecule has 140 valence electrons. The number of sulfonamides is 1. The number of carbonyl (C=O) groups is 3. The summed E-state index contributed by atoms with van der Waals surface area (Å²) in [7, 11) is -3.72. The number of esters is 1. The van der Waals surface area contributed by atoms with Crippen molar-refractivity contribution in [1.29, 1.82) is 0 Å². The second-order valence-corrected chi connectivity index (χ2v) is 7.46. The lowest BCUT2D eigenvalue weighted by molar-refractivity contribution is -0.146. The molecule has 0 atom stereocenters. The van der Waals surface area contributed by atoms with Gasteiger partial charge in [-0.15, -0.1) is 0 Å². The Kier molecular flexibility index (Phi) is 5.33. The SMILES string of the molecule is O=C(CCNS(=O)(=O)c1ccccc1)OCN1C(=O)c2ccccc2C1=O. The predicted molar refractivity (Wildman–Crippen MR) is 94.1 cm³/mol. The Morgan fingerprint density at radius 2 is 1.48 bits per heavy atom. The van der Waals surface area contributed by atoms with Crippen molar-refractivity contribution in [2.75, 3.05) is 13.3 Å². The lowest BCUT2D eigenvalue weighted by Crippen LogP contribution is -2.34. The molecule has 0 spiro atoms. The molecule has 3 rings (SSSR count). The van der Waals surface area contributed by atoms with Crippen molar-refractivity contribution in [2.45, 2.75) is 11.3 Å². The zero-order valence-electron chi connectivity index (χ0n) is 14.1.